The van der Waals surface area contributed by atoms with Crippen molar-refractivity contribution in [1.29, 1.82) is 0 Å². The lowest BCUT2D eigenvalue weighted by Crippen LogP contribution is -2.48. The van der Waals surface area contributed by atoms with Crippen molar-refractivity contribution in [3.05, 3.63) is 142 Å². The number of benzene rings is 4. The molecule has 0 amide bonds. The summed E-state index contributed by atoms with van der Waals surface area (Å²) in [6, 6.07) is 26.0. The second-order valence-electron chi connectivity index (χ2n) is 10.5. The molecule has 0 N–H and O–H groups in total. The van der Waals surface area contributed by atoms with Crippen LogP contribution in [-0.4, -0.2) is 29.4 Å². The molecular formula is C34H24FNO3. The van der Waals surface area contributed by atoms with E-state index < -0.39 is 29.2 Å². The highest BCUT2D eigenvalue weighted by Crippen LogP contribution is 2.61. The normalized spacial score (nSPS) is 22.1. The van der Waals surface area contributed by atoms with Gasteiger partial charge < -0.3 is 4.90 Å². The lowest BCUT2D eigenvalue weighted by atomic mass is 9.64. The quantitative estimate of drug-likeness (QED) is 0.233. The van der Waals surface area contributed by atoms with Crippen LogP contribution >= 0.6 is 0 Å². The smallest absolute Gasteiger partial charge is 0.185 e. The number of hydrogen-bond acceptors (Lipinski definition) is 4. The van der Waals surface area contributed by atoms with Crippen LogP contribution in [0.15, 0.2) is 103 Å². The molecule has 4 nitrogen and oxygen atoms in total. The van der Waals surface area contributed by atoms with E-state index in [1.54, 1.807) is 66.7 Å². The number of rotatable bonds is 3. The molecule has 0 radical (unpaired) electrons. The average Bonchev–Trinajstić information content (AvgIpc) is 3.39. The molecule has 5 heteroatoms. The minimum atomic E-state index is -1.71. The van der Waals surface area contributed by atoms with Gasteiger partial charge in [0.15, 0.2) is 17.3 Å². The molecule has 3 atom stereocenters. The van der Waals surface area contributed by atoms with Crippen molar-refractivity contribution < 1.29 is 18.8 Å². The first kappa shape index (κ1) is 23.5. The number of nitrogens with zero attached hydrogens (tertiary/aromatic N) is 1. The van der Waals surface area contributed by atoms with Crippen molar-refractivity contribution in [3.63, 3.8) is 0 Å². The summed E-state index contributed by atoms with van der Waals surface area (Å²) in [5, 5.41) is 0. The molecule has 0 unspecified atom stereocenters. The van der Waals surface area contributed by atoms with Gasteiger partial charge in [-0.05, 0) is 35.7 Å². The summed E-state index contributed by atoms with van der Waals surface area (Å²) < 4.78 is 15.8. The van der Waals surface area contributed by atoms with E-state index in [9.17, 15) is 14.4 Å². The lowest BCUT2D eigenvalue weighted by molar-refractivity contribution is 0.0664. The van der Waals surface area contributed by atoms with Crippen LogP contribution in [0.5, 0.6) is 0 Å². The number of ketones is 3. The molecule has 1 saturated heterocycles. The third-order valence-corrected chi connectivity index (χ3v) is 8.53. The number of fused-ring (bicyclic) bond motifs is 5. The van der Waals surface area contributed by atoms with E-state index in [0.29, 0.717) is 16.7 Å². The fourth-order valence-corrected chi connectivity index (χ4v) is 6.92. The average molecular weight is 514 g/mol. The van der Waals surface area contributed by atoms with Crippen molar-refractivity contribution in [2.45, 2.75) is 24.9 Å². The van der Waals surface area contributed by atoms with Crippen LogP contribution in [0.4, 0.5) is 10.1 Å². The van der Waals surface area contributed by atoms with E-state index in [1.165, 1.54) is 6.07 Å². The predicted octanol–water partition coefficient (Wildman–Crippen LogP) is 6.45. The molecular weight excluding hydrogens is 489 g/mol. The fraction of sp³-hybridized carbons (Fsp3) is 0.147. The summed E-state index contributed by atoms with van der Waals surface area (Å²) in [6.45, 7) is 1.96. The van der Waals surface area contributed by atoms with Crippen LogP contribution in [0.25, 0.3) is 6.08 Å². The van der Waals surface area contributed by atoms with E-state index in [1.807, 2.05) is 48.2 Å². The maximum Gasteiger partial charge on any atom is 0.185 e. The summed E-state index contributed by atoms with van der Waals surface area (Å²) in [7, 11) is 0. The van der Waals surface area contributed by atoms with E-state index in [2.05, 4.69) is 0 Å². The van der Waals surface area contributed by atoms with Crippen LogP contribution in [0.3, 0.4) is 0 Å². The Bertz CT molecular complexity index is 1690. The van der Waals surface area contributed by atoms with Crippen molar-refractivity contribution in [1.82, 2.24) is 0 Å². The van der Waals surface area contributed by atoms with Gasteiger partial charge in [0.05, 0.1) is 6.04 Å². The largest absolute Gasteiger partial charge is 0.352 e. The third-order valence-electron chi connectivity index (χ3n) is 8.53. The number of halogens is 1. The van der Waals surface area contributed by atoms with Crippen LogP contribution in [-0.2, 0) is 0 Å². The highest BCUT2D eigenvalue weighted by molar-refractivity contribution is 6.32. The molecule has 2 heterocycles. The Morgan fingerprint density at radius 1 is 0.821 bits per heavy atom. The van der Waals surface area contributed by atoms with Gasteiger partial charge in [0.2, 0.25) is 0 Å². The summed E-state index contributed by atoms with van der Waals surface area (Å²) in [5.41, 5.74) is 2.18. The Morgan fingerprint density at radius 2 is 1.46 bits per heavy atom. The number of anilines is 1. The number of carbonyl (C=O) groups is 3. The molecule has 0 bridgehead atoms. The Kier molecular flexibility index (Phi) is 5.08. The first-order valence-electron chi connectivity index (χ1n) is 13.0. The molecule has 7 rings (SSSR count). The SMILES string of the molecule is Cc1ccc2c(c1)N1[C@H](C(=O)c3ccccc3)[C@H](c3ccccc3F)C3(C(=O)c4ccccc4C3=O)[C@@H]1C=C2. The highest BCUT2D eigenvalue weighted by Gasteiger charge is 2.71. The minimum Gasteiger partial charge on any atom is -0.352 e. The Hall–Kier alpha value is -4.64. The number of carbonyl (C=O) groups excluding carboxylic acids is 3. The molecule has 1 spiro atoms. The zero-order valence-corrected chi connectivity index (χ0v) is 21.2. The monoisotopic (exact) mass is 513 g/mol. The zero-order chi connectivity index (χ0) is 26.9. The fourth-order valence-electron chi connectivity index (χ4n) is 6.92. The Morgan fingerprint density at radius 3 is 2.15 bits per heavy atom. The van der Waals surface area contributed by atoms with Gasteiger partial charge in [-0.25, -0.2) is 4.39 Å². The van der Waals surface area contributed by atoms with E-state index >= 15 is 4.39 Å². The first-order chi connectivity index (χ1) is 18.9. The van der Waals surface area contributed by atoms with Gasteiger partial charge in [-0.3, -0.25) is 14.4 Å². The van der Waals surface area contributed by atoms with Gasteiger partial charge in [0.25, 0.3) is 0 Å². The number of Topliss-reactive ketones (excluding diaryl/α,β-unsaturated/α-hetero) is 3. The molecule has 4 aromatic rings. The standard InChI is InChI=1S/C34H24FNO3/c1-20-15-16-21-17-18-28-34(32(38)23-11-5-6-12-24(23)33(34)39)29(25-13-7-8-14-26(25)35)30(36(28)27(21)19-20)31(37)22-9-3-2-4-10-22/h2-19,28-30H,1H3/t28-,29-,30-/m0/s1. The molecule has 4 aromatic carbocycles. The summed E-state index contributed by atoms with van der Waals surface area (Å²) >= 11 is 0. The molecule has 3 aliphatic rings. The molecule has 1 aliphatic carbocycles. The van der Waals surface area contributed by atoms with Crippen LogP contribution in [0.1, 0.15) is 53.7 Å². The van der Waals surface area contributed by atoms with Crippen molar-refractivity contribution in [3.8, 4) is 0 Å². The summed E-state index contributed by atoms with van der Waals surface area (Å²) in [5.74, 6) is -2.59. The molecule has 0 saturated carbocycles. The van der Waals surface area contributed by atoms with Gasteiger partial charge in [-0.2, -0.15) is 0 Å². The number of aryl methyl sites for hydroxylation is 1. The van der Waals surface area contributed by atoms with E-state index in [-0.39, 0.29) is 22.9 Å². The topological polar surface area (TPSA) is 54.5 Å². The second-order valence-corrected chi connectivity index (χ2v) is 10.5. The minimum absolute atomic E-state index is 0.193. The first-order valence-corrected chi connectivity index (χ1v) is 13.0. The predicted molar refractivity (Wildman–Crippen MR) is 148 cm³/mol. The van der Waals surface area contributed by atoms with Gasteiger partial charge in [-0.15, -0.1) is 0 Å². The molecule has 1 fully saturated rings. The molecule has 2 aliphatic heterocycles. The second kappa shape index (κ2) is 8.43. The van der Waals surface area contributed by atoms with Gasteiger partial charge in [0.1, 0.15) is 17.3 Å². The Labute approximate surface area is 225 Å². The van der Waals surface area contributed by atoms with Crippen molar-refractivity contribution >= 4 is 29.1 Å². The third kappa shape index (κ3) is 3.07. The Balaban J connectivity index is 1.58. The maximum atomic E-state index is 15.8. The van der Waals surface area contributed by atoms with Gasteiger partial charge in [0, 0.05) is 28.3 Å². The van der Waals surface area contributed by atoms with E-state index in [4.69, 9.17) is 0 Å². The maximum absolute atomic E-state index is 15.8. The van der Waals surface area contributed by atoms with Gasteiger partial charge >= 0.3 is 0 Å². The molecule has 39 heavy (non-hydrogen) atoms. The molecule has 0 aromatic heterocycles. The van der Waals surface area contributed by atoms with Crippen LogP contribution in [0.2, 0.25) is 0 Å². The summed E-state index contributed by atoms with van der Waals surface area (Å²) in [6.07, 6.45) is 3.76. The zero-order valence-electron chi connectivity index (χ0n) is 21.2. The van der Waals surface area contributed by atoms with Crippen LogP contribution < -0.4 is 4.90 Å². The lowest BCUT2D eigenvalue weighted by Gasteiger charge is -2.37. The van der Waals surface area contributed by atoms with E-state index in [0.717, 1.165) is 16.8 Å². The number of hydrogen-bond donors (Lipinski definition) is 0. The summed E-state index contributed by atoms with van der Waals surface area (Å²) in [4.78, 5) is 45.5. The van der Waals surface area contributed by atoms with Gasteiger partial charge in [-0.1, -0.05) is 97.1 Å². The van der Waals surface area contributed by atoms with Crippen molar-refractivity contribution in [2.75, 3.05) is 4.90 Å². The van der Waals surface area contributed by atoms with Crippen LogP contribution in [0, 0.1) is 18.2 Å². The highest BCUT2D eigenvalue weighted by atomic mass is 19.1. The van der Waals surface area contributed by atoms with Crippen molar-refractivity contribution in [2.24, 2.45) is 5.41 Å². The molecule has 190 valence electrons.